The Morgan fingerprint density at radius 1 is 1.35 bits per heavy atom. The van der Waals surface area contributed by atoms with Gasteiger partial charge in [0.05, 0.1) is 12.5 Å². The van der Waals surface area contributed by atoms with Gasteiger partial charge in [-0.2, -0.15) is 0 Å². The summed E-state index contributed by atoms with van der Waals surface area (Å²) in [6.45, 7) is 3.54. The Hall–Kier alpha value is -1.55. The lowest BCUT2D eigenvalue weighted by atomic mass is 9.92. The Balaban J connectivity index is 1.60. The summed E-state index contributed by atoms with van der Waals surface area (Å²) >= 11 is 0. The molecule has 2 aliphatic rings. The Morgan fingerprint density at radius 3 is 3.10 bits per heavy atom. The van der Waals surface area contributed by atoms with Crippen LogP contribution in [0, 0.1) is 5.92 Å². The Labute approximate surface area is 119 Å². The van der Waals surface area contributed by atoms with Crippen molar-refractivity contribution in [1.82, 2.24) is 10.6 Å². The van der Waals surface area contributed by atoms with Crippen molar-refractivity contribution in [1.29, 1.82) is 0 Å². The lowest BCUT2D eigenvalue weighted by molar-refractivity contribution is -0.123. The van der Waals surface area contributed by atoms with Gasteiger partial charge in [0.25, 0.3) is 0 Å². The largest absolute Gasteiger partial charge is 0.493 e. The number of carbonyl (C=O) groups excluding carboxylic acids is 1. The second kappa shape index (κ2) is 6.27. The van der Waals surface area contributed by atoms with Crippen molar-refractivity contribution in [3.8, 4) is 5.75 Å². The molecule has 2 N–H and O–H groups in total. The molecular weight excluding hydrogens is 252 g/mol. The fourth-order valence-corrected chi connectivity index (χ4v) is 3.08. The highest BCUT2D eigenvalue weighted by atomic mass is 16.5. The van der Waals surface area contributed by atoms with Gasteiger partial charge in [-0.1, -0.05) is 18.2 Å². The summed E-state index contributed by atoms with van der Waals surface area (Å²) in [5, 5.41) is 6.51. The van der Waals surface area contributed by atoms with E-state index in [0.717, 1.165) is 37.4 Å². The molecule has 1 saturated heterocycles. The smallest absolute Gasteiger partial charge is 0.227 e. The molecule has 0 radical (unpaired) electrons. The van der Waals surface area contributed by atoms with E-state index < -0.39 is 0 Å². The summed E-state index contributed by atoms with van der Waals surface area (Å²) in [6.07, 6.45) is 3.18. The van der Waals surface area contributed by atoms with Crippen molar-refractivity contribution in [3.63, 3.8) is 0 Å². The van der Waals surface area contributed by atoms with Crippen LogP contribution in [0.2, 0.25) is 0 Å². The van der Waals surface area contributed by atoms with Crippen LogP contribution in [0.3, 0.4) is 0 Å². The third-order valence-electron chi connectivity index (χ3n) is 4.24. The molecule has 1 fully saturated rings. The maximum absolute atomic E-state index is 12.4. The van der Waals surface area contributed by atoms with Gasteiger partial charge in [0, 0.05) is 12.1 Å². The maximum atomic E-state index is 12.4. The number of hydrogen-bond donors (Lipinski definition) is 2. The minimum absolute atomic E-state index is 0.0588. The topological polar surface area (TPSA) is 50.4 Å². The number of rotatable bonds is 3. The summed E-state index contributed by atoms with van der Waals surface area (Å²) in [4.78, 5) is 12.4. The van der Waals surface area contributed by atoms with Gasteiger partial charge in [-0.05, 0) is 44.3 Å². The highest BCUT2D eigenvalue weighted by Crippen LogP contribution is 2.33. The number of piperidine rings is 1. The normalized spacial score (nSPS) is 25.4. The second-order valence-corrected chi connectivity index (χ2v) is 5.69. The van der Waals surface area contributed by atoms with Crippen molar-refractivity contribution in [2.45, 2.75) is 25.2 Å². The summed E-state index contributed by atoms with van der Waals surface area (Å²) in [7, 11) is 0. The van der Waals surface area contributed by atoms with E-state index in [-0.39, 0.29) is 11.8 Å². The lowest BCUT2D eigenvalue weighted by Crippen LogP contribution is -2.40. The summed E-state index contributed by atoms with van der Waals surface area (Å²) in [5.74, 6) is 1.52. The van der Waals surface area contributed by atoms with Gasteiger partial charge in [0.1, 0.15) is 5.75 Å². The molecule has 1 amide bonds. The number of hydrogen-bond acceptors (Lipinski definition) is 3. The molecule has 0 bridgehead atoms. The zero-order valence-electron chi connectivity index (χ0n) is 11.7. The van der Waals surface area contributed by atoms with Crippen molar-refractivity contribution in [2.24, 2.45) is 5.92 Å². The molecule has 2 unspecified atom stereocenters. The molecule has 1 aromatic rings. The van der Waals surface area contributed by atoms with E-state index in [4.69, 9.17) is 4.74 Å². The maximum Gasteiger partial charge on any atom is 0.227 e. The predicted octanol–water partition coefficient (Wildman–Crippen LogP) is 1.67. The molecule has 3 rings (SSSR count). The minimum atomic E-state index is -0.0588. The monoisotopic (exact) mass is 274 g/mol. The second-order valence-electron chi connectivity index (χ2n) is 5.69. The fourth-order valence-electron chi connectivity index (χ4n) is 3.08. The van der Waals surface area contributed by atoms with Crippen LogP contribution in [-0.4, -0.2) is 32.1 Å². The van der Waals surface area contributed by atoms with E-state index in [0.29, 0.717) is 12.5 Å². The fraction of sp³-hybridized carbons (Fsp3) is 0.562. The van der Waals surface area contributed by atoms with Gasteiger partial charge in [-0.25, -0.2) is 0 Å². The van der Waals surface area contributed by atoms with Crippen LogP contribution >= 0.6 is 0 Å². The molecule has 4 heteroatoms. The van der Waals surface area contributed by atoms with Gasteiger partial charge < -0.3 is 15.4 Å². The lowest BCUT2D eigenvalue weighted by Gasteiger charge is -2.27. The van der Waals surface area contributed by atoms with E-state index >= 15 is 0 Å². The van der Waals surface area contributed by atoms with Gasteiger partial charge >= 0.3 is 0 Å². The van der Waals surface area contributed by atoms with E-state index in [9.17, 15) is 4.79 Å². The first-order valence-corrected chi connectivity index (χ1v) is 7.55. The molecule has 2 aliphatic heterocycles. The van der Waals surface area contributed by atoms with Gasteiger partial charge in [0.2, 0.25) is 5.91 Å². The average molecular weight is 274 g/mol. The first-order chi connectivity index (χ1) is 9.84. The van der Waals surface area contributed by atoms with Crippen LogP contribution in [0.25, 0.3) is 0 Å². The standard InChI is InChI=1S/C16H22N2O2/c19-16(18-11-12-4-3-8-17-10-12)14-7-9-20-15-6-2-1-5-13(14)15/h1-2,5-6,12,14,17H,3-4,7-11H2,(H,18,19). The van der Waals surface area contributed by atoms with Gasteiger partial charge in [-0.3, -0.25) is 4.79 Å². The van der Waals surface area contributed by atoms with Crippen LogP contribution in [0.15, 0.2) is 24.3 Å². The molecule has 2 atom stereocenters. The molecule has 0 saturated carbocycles. The zero-order chi connectivity index (χ0) is 13.8. The van der Waals surface area contributed by atoms with E-state index in [1.807, 2.05) is 24.3 Å². The number of ether oxygens (including phenoxy) is 1. The number of amides is 1. The van der Waals surface area contributed by atoms with E-state index in [2.05, 4.69) is 10.6 Å². The minimum Gasteiger partial charge on any atom is -0.493 e. The van der Waals surface area contributed by atoms with Crippen LogP contribution in [0.4, 0.5) is 0 Å². The summed E-state index contributed by atoms with van der Waals surface area (Å²) < 4.78 is 5.61. The van der Waals surface area contributed by atoms with Gasteiger partial charge in [-0.15, -0.1) is 0 Å². The first kappa shape index (κ1) is 13.4. The van der Waals surface area contributed by atoms with Gasteiger partial charge in [0.15, 0.2) is 0 Å². The third-order valence-corrected chi connectivity index (χ3v) is 4.24. The highest BCUT2D eigenvalue weighted by Gasteiger charge is 2.27. The molecule has 0 spiro atoms. The third kappa shape index (κ3) is 2.96. The zero-order valence-corrected chi connectivity index (χ0v) is 11.7. The molecular formula is C16H22N2O2. The average Bonchev–Trinajstić information content (AvgIpc) is 2.53. The summed E-state index contributed by atoms with van der Waals surface area (Å²) in [5.41, 5.74) is 1.03. The Bertz CT molecular complexity index is 469. The SMILES string of the molecule is O=C(NCC1CCCNC1)C1CCOc2ccccc21. The number of carbonyl (C=O) groups is 1. The molecule has 0 aliphatic carbocycles. The molecule has 0 aromatic heterocycles. The van der Waals surface area contributed by atoms with Crippen LogP contribution in [-0.2, 0) is 4.79 Å². The molecule has 4 nitrogen and oxygen atoms in total. The first-order valence-electron chi connectivity index (χ1n) is 7.55. The number of nitrogens with one attached hydrogen (secondary N) is 2. The number of para-hydroxylation sites is 1. The van der Waals surface area contributed by atoms with Crippen molar-refractivity contribution in [3.05, 3.63) is 29.8 Å². The quantitative estimate of drug-likeness (QED) is 0.881. The van der Waals surface area contributed by atoms with Crippen LogP contribution < -0.4 is 15.4 Å². The van der Waals surface area contributed by atoms with E-state index in [1.54, 1.807) is 0 Å². The Kier molecular flexibility index (Phi) is 4.21. The number of benzene rings is 1. The molecule has 1 aromatic carbocycles. The molecule has 20 heavy (non-hydrogen) atoms. The molecule has 2 heterocycles. The van der Waals surface area contributed by atoms with E-state index in [1.165, 1.54) is 12.8 Å². The Morgan fingerprint density at radius 2 is 2.25 bits per heavy atom. The van der Waals surface area contributed by atoms with Crippen LogP contribution in [0.1, 0.15) is 30.7 Å². The predicted molar refractivity (Wildman–Crippen MR) is 77.9 cm³/mol. The van der Waals surface area contributed by atoms with Crippen molar-refractivity contribution < 1.29 is 9.53 Å². The number of fused-ring (bicyclic) bond motifs is 1. The van der Waals surface area contributed by atoms with Crippen molar-refractivity contribution in [2.75, 3.05) is 26.2 Å². The molecule has 108 valence electrons. The highest BCUT2D eigenvalue weighted by molar-refractivity contribution is 5.84. The summed E-state index contributed by atoms with van der Waals surface area (Å²) in [6, 6.07) is 7.87. The van der Waals surface area contributed by atoms with Crippen molar-refractivity contribution >= 4 is 5.91 Å². The van der Waals surface area contributed by atoms with Crippen LogP contribution in [0.5, 0.6) is 5.75 Å².